The van der Waals surface area contributed by atoms with Crippen molar-refractivity contribution < 1.29 is 24.5 Å². The third-order valence-corrected chi connectivity index (χ3v) is 7.17. The van der Waals surface area contributed by atoms with E-state index in [9.17, 15) is 4.79 Å². The molecule has 1 aliphatic rings. The lowest BCUT2D eigenvalue weighted by atomic mass is 9.96. The molecule has 2 rings (SSSR count). The number of hydrogen-bond acceptors (Lipinski definition) is 7. The van der Waals surface area contributed by atoms with Crippen LogP contribution in [0.25, 0.3) is 0 Å². The van der Waals surface area contributed by atoms with E-state index < -0.39 is 5.97 Å². The maximum Gasteiger partial charge on any atom is 0.300 e. The minimum atomic E-state index is -0.833. The van der Waals surface area contributed by atoms with Crippen LogP contribution in [-0.4, -0.2) is 54.2 Å². The fraction of sp³-hybridized carbons (Fsp3) is 0.556. The first-order valence-corrected chi connectivity index (χ1v) is 14.1. The molecule has 8 heteroatoms. The van der Waals surface area contributed by atoms with Gasteiger partial charge in [-0.1, -0.05) is 38.5 Å². The summed E-state index contributed by atoms with van der Waals surface area (Å²) in [6.07, 6.45) is 15.9. The molecule has 1 aliphatic carbocycles. The number of unbranched alkanes of at least 4 members (excludes halogenated alkanes) is 2. The number of ether oxygens (including phenoxy) is 1. The summed E-state index contributed by atoms with van der Waals surface area (Å²) in [6, 6.07) is 2.21. The van der Waals surface area contributed by atoms with Gasteiger partial charge >= 0.3 is 0 Å². The van der Waals surface area contributed by atoms with Crippen LogP contribution in [0, 0.1) is 5.92 Å². The molecule has 0 saturated heterocycles. The molecule has 6 nitrogen and oxygen atoms in total. The molecular formula is C27H43NO5S2. The molecule has 0 bridgehead atoms. The second-order valence-electron chi connectivity index (χ2n) is 7.63. The number of carboxylic acids is 1. The standard InChI is InChI=1S/C24H35NO2S2.C2H4O2.CH4O/c1-4-22-17-20(24(29-22)25-15-9-6-10-16-28-5-2)18-23(26)19-11-7-8-12-21(27-3)14-13-19;1-2(3)4;1-2/h7,11-14,17,19,25H,4-6,8-10,15-16,18H2,1-3H3;1H3,(H,3,4);2H,1H3/b11-7?,14-13-,21-12+;;. The summed E-state index contributed by atoms with van der Waals surface area (Å²) >= 11 is 3.82. The van der Waals surface area contributed by atoms with E-state index in [1.54, 1.807) is 18.4 Å². The van der Waals surface area contributed by atoms with Crippen LogP contribution in [0.3, 0.4) is 0 Å². The highest BCUT2D eigenvalue weighted by atomic mass is 32.2. The van der Waals surface area contributed by atoms with Crippen molar-refractivity contribution in [2.24, 2.45) is 5.92 Å². The van der Waals surface area contributed by atoms with Crippen molar-refractivity contribution in [3.63, 3.8) is 0 Å². The van der Waals surface area contributed by atoms with Gasteiger partial charge in [0.2, 0.25) is 0 Å². The minimum Gasteiger partial charge on any atom is -0.497 e. The lowest BCUT2D eigenvalue weighted by Gasteiger charge is -2.11. The van der Waals surface area contributed by atoms with Crippen molar-refractivity contribution in [1.29, 1.82) is 0 Å². The average molecular weight is 526 g/mol. The number of carbonyl (C=O) groups is 2. The molecular weight excluding hydrogens is 482 g/mol. The summed E-state index contributed by atoms with van der Waals surface area (Å²) in [5, 5.41) is 19.2. The number of aliphatic carboxylic acids is 1. The summed E-state index contributed by atoms with van der Waals surface area (Å²) in [5.41, 5.74) is 1.14. The Morgan fingerprint density at radius 2 is 1.91 bits per heavy atom. The molecule has 0 amide bonds. The van der Waals surface area contributed by atoms with Gasteiger partial charge < -0.3 is 20.3 Å². The number of nitrogens with one attached hydrogen (secondary N) is 1. The highest BCUT2D eigenvalue weighted by molar-refractivity contribution is 7.99. The van der Waals surface area contributed by atoms with E-state index in [4.69, 9.17) is 19.7 Å². The number of allylic oxidation sites excluding steroid dienone is 5. The molecule has 1 unspecified atom stereocenters. The monoisotopic (exact) mass is 525 g/mol. The van der Waals surface area contributed by atoms with Crippen molar-refractivity contribution in [1.82, 2.24) is 0 Å². The van der Waals surface area contributed by atoms with Crippen LogP contribution in [-0.2, 0) is 27.2 Å². The van der Waals surface area contributed by atoms with Crippen molar-refractivity contribution in [2.45, 2.75) is 59.3 Å². The number of rotatable bonds is 13. The van der Waals surface area contributed by atoms with Gasteiger partial charge in [-0.2, -0.15) is 11.8 Å². The first-order valence-electron chi connectivity index (χ1n) is 12.1. The van der Waals surface area contributed by atoms with Crippen LogP contribution < -0.4 is 5.32 Å². The number of hydrogen-bond donors (Lipinski definition) is 3. The van der Waals surface area contributed by atoms with Crippen molar-refractivity contribution in [2.75, 3.05) is 37.6 Å². The van der Waals surface area contributed by atoms with Gasteiger partial charge in [0, 0.05) is 31.9 Å². The Balaban J connectivity index is 0.00000174. The summed E-state index contributed by atoms with van der Waals surface area (Å²) < 4.78 is 5.32. The molecule has 0 aliphatic heterocycles. The Kier molecular flexibility index (Phi) is 20.0. The van der Waals surface area contributed by atoms with E-state index in [0.29, 0.717) is 6.42 Å². The van der Waals surface area contributed by atoms with Crippen LogP contribution in [0.5, 0.6) is 0 Å². The number of methoxy groups -OCH3 is 1. The Morgan fingerprint density at radius 3 is 2.54 bits per heavy atom. The fourth-order valence-corrected chi connectivity index (χ4v) is 4.95. The number of thiophene rings is 1. The van der Waals surface area contributed by atoms with Crippen LogP contribution in [0.1, 0.15) is 56.9 Å². The number of thioether (sulfide) groups is 1. The minimum absolute atomic E-state index is 0.192. The topological polar surface area (TPSA) is 95.9 Å². The number of aliphatic hydroxyl groups is 1. The van der Waals surface area contributed by atoms with Gasteiger partial charge in [-0.25, -0.2) is 0 Å². The quantitative estimate of drug-likeness (QED) is 0.211. The van der Waals surface area contributed by atoms with Crippen LogP contribution in [0.2, 0.25) is 0 Å². The normalized spacial score (nSPS) is 16.7. The molecule has 1 aromatic rings. The molecule has 35 heavy (non-hydrogen) atoms. The SMILES string of the molecule is CC(=O)O.CCSCCCCCNc1sc(CC)cc1CC(=O)C1C=CC/C=C(OC)\C=C/1.CO. The van der Waals surface area contributed by atoms with Crippen molar-refractivity contribution in [3.8, 4) is 0 Å². The zero-order valence-corrected chi connectivity index (χ0v) is 23.5. The Bertz CT molecular complexity index is 810. The molecule has 198 valence electrons. The summed E-state index contributed by atoms with van der Waals surface area (Å²) in [5.74, 6) is 2.49. The van der Waals surface area contributed by atoms with Crippen LogP contribution >= 0.6 is 23.1 Å². The lowest BCUT2D eigenvalue weighted by Crippen LogP contribution is -2.14. The second-order valence-corrected chi connectivity index (χ2v) is 10.2. The molecule has 0 aromatic carbocycles. The predicted octanol–water partition coefficient (Wildman–Crippen LogP) is 6.12. The molecule has 0 fully saturated rings. The number of anilines is 1. The average Bonchev–Trinajstić information content (AvgIpc) is 3.21. The first-order chi connectivity index (χ1) is 16.9. The molecule has 1 atom stereocenters. The van der Waals surface area contributed by atoms with E-state index in [1.807, 2.05) is 42.1 Å². The summed E-state index contributed by atoms with van der Waals surface area (Å²) in [6.45, 7) is 6.45. The number of carbonyl (C=O) groups excluding carboxylic acids is 1. The van der Waals surface area contributed by atoms with Gasteiger partial charge in [0.1, 0.15) is 11.5 Å². The van der Waals surface area contributed by atoms with E-state index in [2.05, 4.69) is 25.2 Å². The number of carboxylic acid groups (broad SMARTS) is 1. The molecule has 1 heterocycles. The maximum absolute atomic E-state index is 13.0. The molecule has 3 N–H and O–H groups in total. The number of Topliss-reactive ketones (excluding diaryl/α,β-unsaturated/α-hetero) is 1. The van der Waals surface area contributed by atoms with Gasteiger partial charge in [-0.05, 0) is 61.0 Å². The molecule has 1 aromatic heterocycles. The summed E-state index contributed by atoms with van der Waals surface area (Å²) in [7, 11) is 2.66. The Hall–Kier alpha value is -2.03. The van der Waals surface area contributed by atoms with Crippen molar-refractivity contribution >= 4 is 39.9 Å². The van der Waals surface area contributed by atoms with E-state index in [0.717, 1.165) is 44.7 Å². The number of aliphatic hydroxyl groups excluding tert-OH is 1. The van der Waals surface area contributed by atoms with Crippen LogP contribution in [0.15, 0.2) is 42.2 Å². The van der Waals surface area contributed by atoms with Gasteiger partial charge in [-0.15, -0.1) is 11.3 Å². The van der Waals surface area contributed by atoms with Gasteiger partial charge in [0.25, 0.3) is 5.97 Å². The highest BCUT2D eigenvalue weighted by Gasteiger charge is 2.17. The van der Waals surface area contributed by atoms with E-state index in [-0.39, 0.29) is 11.7 Å². The smallest absolute Gasteiger partial charge is 0.300 e. The highest BCUT2D eigenvalue weighted by Crippen LogP contribution is 2.30. The van der Waals surface area contributed by atoms with Crippen LogP contribution in [0.4, 0.5) is 5.00 Å². The zero-order chi connectivity index (χ0) is 26.5. The molecule has 0 spiro atoms. The van der Waals surface area contributed by atoms with Gasteiger partial charge in [-0.3, -0.25) is 9.59 Å². The Labute approximate surface area is 219 Å². The number of aryl methyl sites for hydroxylation is 1. The largest absolute Gasteiger partial charge is 0.497 e. The lowest BCUT2D eigenvalue weighted by molar-refractivity contribution is -0.134. The molecule has 0 radical (unpaired) electrons. The molecule has 0 saturated carbocycles. The fourth-order valence-electron chi connectivity index (χ4n) is 3.20. The maximum atomic E-state index is 13.0. The van der Waals surface area contributed by atoms with Gasteiger partial charge in [0.05, 0.1) is 18.0 Å². The van der Waals surface area contributed by atoms with E-state index >= 15 is 0 Å². The van der Waals surface area contributed by atoms with E-state index in [1.165, 1.54) is 40.6 Å². The van der Waals surface area contributed by atoms with Gasteiger partial charge in [0.15, 0.2) is 0 Å². The van der Waals surface area contributed by atoms with Crippen molar-refractivity contribution in [3.05, 3.63) is 52.6 Å². The number of ketones is 1. The first kappa shape index (κ1) is 33.0. The zero-order valence-electron chi connectivity index (χ0n) is 21.8. The second kappa shape index (κ2) is 21.3. The Morgan fingerprint density at radius 1 is 1.20 bits per heavy atom. The third-order valence-electron chi connectivity index (χ3n) is 4.90. The summed E-state index contributed by atoms with van der Waals surface area (Å²) in [4.78, 5) is 23.3. The third kappa shape index (κ3) is 15.6. The predicted molar refractivity (Wildman–Crippen MR) is 151 cm³/mol.